The highest BCUT2D eigenvalue weighted by Gasteiger charge is 2.37. The van der Waals surface area contributed by atoms with Gasteiger partial charge in [-0.3, -0.25) is 0 Å². The number of rotatable bonds is 3. The van der Waals surface area contributed by atoms with E-state index >= 15 is 0 Å². The fourth-order valence-electron chi connectivity index (χ4n) is 3.65. The van der Waals surface area contributed by atoms with E-state index in [-0.39, 0.29) is 11.9 Å². The smallest absolute Gasteiger partial charge is 0.207 e. The van der Waals surface area contributed by atoms with Crippen LogP contribution in [0.3, 0.4) is 0 Å². The molecule has 1 atom stereocenters. The predicted octanol–water partition coefficient (Wildman–Crippen LogP) is 3.47. The third-order valence-corrected chi connectivity index (χ3v) is 6.92. The molecule has 2 aliphatic heterocycles. The minimum absolute atomic E-state index is 0.243. The molecule has 0 amide bonds. The van der Waals surface area contributed by atoms with Gasteiger partial charge in [0.15, 0.2) is 0 Å². The molecule has 0 aliphatic carbocycles. The van der Waals surface area contributed by atoms with Gasteiger partial charge in [0.2, 0.25) is 0 Å². The van der Waals surface area contributed by atoms with Gasteiger partial charge in [-0.05, 0) is 43.4 Å². The highest BCUT2D eigenvalue weighted by molar-refractivity contribution is 7.86. The molecule has 2 aliphatic rings. The molecule has 0 N–H and O–H groups in total. The van der Waals surface area contributed by atoms with E-state index in [0.29, 0.717) is 19.6 Å². The average Bonchev–Trinajstić information content (AvgIpc) is 2.85. The normalized spacial score (nSPS) is 25.2. The van der Waals surface area contributed by atoms with Crippen molar-refractivity contribution in [2.45, 2.75) is 51.0 Å². The first-order valence-corrected chi connectivity index (χ1v) is 10.0. The van der Waals surface area contributed by atoms with E-state index in [9.17, 15) is 12.8 Å². The van der Waals surface area contributed by atoms with Crippen molar-refractivity contribution in [1.29, 1.82) is 0 Å². The molecular weight excluding hydrogens is 315 g/mol. The second kappa shape index (κ2) is 7.28. The molecule has 23 heavy (non-hydrogen) atoms. The van der Waals surface area contributed by atoms with E-state index in [0.717, 1.165) is 50.5 Å². The Kier molecular flexibility index (Phi) is 5.34. The summed E-state index contributed by atoms with van der Waals surface area (Å²) in [5.41, 5.74) is 0.767. The van der Waals surface area contributed by atoms with Crippen molar-refractivity contribution in [3.05, 3.63) is 35.6 Å². The first-order valence-electron chi connectivity index (χ1n) is 8.61. The first-order chi connectivity index (χ1) is 11.1. The van der Waals surface area contributed by atoms with Crippen LogP contribution in [0.5, 0.6) is 0 Å². The number of hydrogen-bond donors (Lipinski definition) is 0. The molecule has 128 valence electrons. The van der Waals surface area contributed by atoms with Gasteiger partial charge in [0.05, 0.1) is 6.04 Å². The summed E-state index contributed by atoms with van der Waals surface area (Å²) in [6.45, 7) is 1.74. The highest BCUT2D eigenvalue weighted by atomic mass is 32.2. The fraction of sp³-hybridized carbons (Fsp3) is 0.647. The Hall–Kier alpha value is -0.980. The Bertz CT molecular complexity index is 627. The van der Waals surface area contributed by atoms with Crippen LogP contribution in [0.1, 0.15) is 56.6 Å². The largest absolute Gasteiger partial charge is 0.282 e. The number of nitrogens with zero attached hydrogens (tertiary/aromatic N) is 2. The maximum absolute atomic E-state index is 13.6. The zero-order valence-corrected chi connectivity index (χ0v) is 14.3. The summed E-state index contributed by atoms with van der Waals surface area (Å²) in [4.78, 5) is 0. The summed E-state index contributed by atoms with van der Waals surface area (Å²) in [5, 5.41) is 0. The molecule has 2 saturated heterocycles. The maximum Gasteiger partial charge on any atom is 0.282 e. The molecule has 2 heterocycles. The molecule has 3 rings (SSSR count). The summed E-state index contributed by atoms with van der Waals surface area (Å²) in [5.74, 6) is -0.305. The summed E-state index contributed by atoms with van der Waals surface area (Å²) in [7, 11) is -3.47. The van der Waals surface area contributed by atoms with Crippen LogP contribution in [0.15, 0.2) is 24.3 Å². The molecule has 0 bridgehead atoms. The second-order valence-electron chi connectivity index (χ2n) is 6.50. The van der Waals surface area contributed by atoms with Crippen LogP contribution in [-0.2, 0) is 10.2 Å². The Labute approximate surface area is 138 Å². The van der Waals surface area contributed by atoms with Gasteiger partial charge in [0.25, 0.3) is 10.2 Å². The van der Waals surface area contributed by atoms with E-state index in [4.69, 9.17) is 0 Å². The molecule has 0 radical (unpaired) electrons. The fourth-order valence-corrected chi connectivity index (χ4v) is 5.57. The Morgan fingerprint density at radius 3 is 2.35 bits per heavy atom. The zero-order chi connectivity index (χ0) is 16.3. The Balaban J connectivity index is 1.88. The van der Waals surface area contributed by atoms with Crippen molar-refractivity contribution in [1.82, 2.24) is 8.61 Å². The van der Waals surface area contributed by atoms with E-state index in [1.165, 1.54) is 12.1 Å². The van der Waals surface area contributed by atoms with Crippen LogP contribution in [0.25, 0.3) is 0 Å². The van der Waals surface area contributed by atoms with Gasteiger partial charge < -0.3 is 0 Å². The molecule has 2 fully saturated rings. The molecule has 4 nitrogen and oxygen atoms in total. The third kappa shape index (κ3) is 3.75. The SMILES string of the molecule is O=S(=O)(N1CCCCCC1)N1CCCC[C@H]1c1cccc(F)c1. The van der Waals surface area contributed by atoms with Crippen molar-refractivity contribution < 1.29 is 12.8 Å². The summed E-state index contributed by atoms with van der Waals surface area (Å²) in [6, 6.07) is 6.13. The quantitative estimate of drug-likeness (QED) is 0.845. The van der Waals surface area contributed by atoms with Crippen molar-refractivity contribution in [2.24, 2.45) is 0 Å². The van der Waals surface area contributed by atoms with Crippen molar-refractivity contribution >= 4 is 10.2 Å². The van der Waals surface area contributed by atoms with E-state index in [1.807, 2.05) is 6.07 Å². The lowest BCUT2D eigenvalue weighted by Gasteiger charge is -2.38. The van der Waals surface area contributed by atoms with Crippen molar-refractivity contribution in [2.75, 3.05) is 19.6 Å². The van der Waals surface area contributed by atoms with E-state index in [1.54, 1.807) is 14.7 Å². The van der Waals surface area contributed by atoms with Gasteiger partial charge >= 0.3 is 0 Å². The topological polar surface area (TPSA) is 40.6 Å². The molecule has 0 spiro atoms. The lowest BCUT2D eigenvalue weighted by molar-refractivity contribution is 0.233. The van der Waals surface area contributed by atoms with Gasteiger partial charge in [-0.25, -0.2) is 4.39 Å². The van der Waals surface area contributed by atoms with Crippen LogP contribution >= 0.6 is 0 Å². The molecular formula is C17H25FN2O2S. The maximum atomic E-state index is 13.6. The van der Waals surface area contributed by atoms with E-state index < -0.39 is 10.2 Å². The van der Waals surface area contributed by atoms with Gasteiger partial charge in [-0.1, -0.05) is 31.4 Å². The van der Waals surface area contributed by atoms with Crippen LogP contribution in [0, 0.1) is 5.82 Å². The predicted molar refractivity (Wildman–Crippen MR) is 88.7 cm³/mol. The van der Waals surface area contributed by atoms with Crippen molar-refractivity contribution in [3.8, 4) is 0 Å². The standard InChI is InChI=1S/C17H25FN2O2S/c18-16-9-7-8-15(14-16)17-10-3-6-13-20(17)23(21,22)19-11-4-1-2-5-12-19/h7-9,14,17H,1-6,10-13H2/t17-/m0/s1. The number of halogens is 1. The minimum atomic E-state index is -3.47. The van der Waals surface area contributed by atoms with Crippen LogP contribution in [0.4, 0.5) is 4.39 Å². The van der Waals surface area contributed by atoms with Crippen molar-refractivity contribution in [3.63, 3.8) is 0 Å². The Morgan fingerprint density at radius 2 is 1.65 bits per heavy atom. The third-order valence-electron chi connectivity index (χ3n) is 4.87. The van der Waals surface area contributed by atoms with Gasteiger partial charge in [0.1, 0.15) is 5.82 Å². The van der Waals surface area contributed by atoms with Gasteiger partial charge in [-0.15, -0.1) is 0 Å². The second-order valence-corrected chi connectivity index (χ2v) is 8.38. The highest BCUT2D eigenvalue weighted by Crippen LogP contribution is 2.34. The van der Waals surface area contributed by atoms with E-state index in [2.05, 4.69) is 0 Å². The number of hydrogen-bond acceptors (Lipinski definition) is 2. The summed E-state index contributed by atoms with van der Waals surface area (Å²) in [6.07, 6.45) is 6.66. The molecule has 1 aromatic carbocycles. The van der Waals surface area contributed by atoms with Gasteiger partial charge in [0, 0.05) is 19.6 Å². The first kappa shape index (κ1) is 16.9. The van der Waals surface area contributed by atoms with Crippen LogP contribution in [-0.4, -0.2) is 36.7 Å². The molecule has 6 heteroatoms. The minimum Gasteiger partial charge on any atom is -0.207 e. The van der Waals surface area contributed by atoms with Crippen LogP contribution < -0.4 is 0 Å². The Morgan fingerprint density at radius 1 is 0.957 bits per heavy atom. The summed E-state index contributed by atoms with van der Waals surface area (Å²) >= 11 is 0. The monoisotopic (exact) mass is 340 g/mol. The zero-order valence-electron chi connectivity index (χ0n) is 13.5. The number of benzene rings is 1. The molecule has 0 unspecified atom stereocenters. The molecule has 0 saturated carbocycles. The lowest BCUT2D eigenvalue weighted by Crippen LogP contribution is -2.47. The number of piperidine rings is 1. The molecule has 1 aromatic rings. The molecule has 0 aromatic heterocycles. The average molecular weight is 340 g/mol. The van der Waals surface area contributed by atoms with Crippen LogP contribution in [0.2, 0.25) is 0 Å². The lowest BCUT2D eigenvalue weighted by atomic mass is 9.97. The van der Waals surface area contributed by atoms with Gasteiger partial charge in [-0.2, -0.15) is 17.0 Å². The summed E-state index contributed by atoms with van der Waals surface area (Å²) < 4.78 is 43.1.